The normalized spacial score (nSPS) is 15.6. The molecule has 0 radical (unpaired) electrons. The lowest BCUT2D eigenvalue weighted by Crippen LogP contribution is -2.38. The van der Waals surface area contributed by atoms with Crippen LogP contribution in [0.1, 0.15) is 18.4 Å². The van der Waals surface area contributed by atoms with Gasteiger partial charge in [-0.25, -0.2) is 4.79 Å². The first-order valence-electron chi connectivity index (χ1n) is 6.98. The van der Waals surface area contributed by atoms with Crippen LogP contribution in [-0.2, 0) is 5.75 Å². The number of nitrogens with one attached hydrogen (secondary N) is 1. The Hall–Kier alpha value is -0.910. The van der Waals surface area contributed by atoms with E-state index in [9.17, 15) is 9.90 Å². The molecule has 0 heterocycles. The molecule has 0 aliphatic heterocycles. The molecule has 1 aromatic carbocycles. The van der Waals surface area contributed by atoms with Gasteiger partial charge in [0.05, 0.1) is 6.10 Å². The molecule has 116 valence electrons. The molecule has 0 saturated heterocycles. The number of thioether (sulfide) groups is 1. The Balaban J connectivity index is 1.93. The predicted octanol–water partition coefficient (Wildman–Crippen LogP) is 3.44. The second kappa shape index (κ2) is 7.38. The molecule has 1 saturated carbocycles. The number of hydrogen-bond acceptors (Lipinski definition) is 3. The molecular weight excluding hydrogens is 308 g/mol. The van der Waals surface area contributed by atoms with Crippen LogP contribution in [0.3, 0.4) is 0 Å². The molecule has 0 aromatic heterocycles. The van der Waals surface area contributed by atoms with Gasteiger partial charge in [0.15, 0.2) is 0 Å². The van der Waals surface area contributed by atoms with Gasteiger partial charge < -0.3 is 15.3 Å². The van der Waals surface area contributed by atoms with Crippen molar-refractivity contribution in [3.63, 3.8) is 0 Å². The van der Waals surface area contributed by atoms with E-state index in [1.807, 2.05) is 12.3 Å². The Morgan fingerprint density at radius 3 is 2.90 bits per heavy atom. The third-order valence-electron chi connectivity index (χ3n) is 3.57. The highest BCUT2D eigenvalue weighted by Crippen LogP contribution is 2.32. The molecule has 4 nitrogen and oxygen atoms in total. The predicted molar refractivity (Wildman–Crippen MR) is 89.1 cm³/mol. The molecule has 6 heteroatoms. The molecule has 1 fully saturated rings. The van der Waals surface area contributed by atoms with Crippen molar-refractivity contribution in [2.24, 2.45) is 5.92 Å². The Morgan fingerprint density at radius 1 is 1.57 bits per heavy atom. The number of nitrogens with zero attached hydrogens (tertiary/aromatic N) is 1. The summed E-state index contributed by atoms with van der Waals surface area (Å²) in [4.78, 5) is 13.6. The molecule has 1 aliphatic rings. The zero-order valence-corrected chi connectivity index (χ0v) is 13.9. The van der Waals surface area contributed by atoms with Crippen LogP contribution in [0.5, 0.6) is 0 Å². The van der Waals surface area contributed by atoms with Crippen LogP contribution in [0.2, 0.25) is 5.02 Å². The summed E-state index contributed by atoms with van der Waals surface area (Å²) in [5.74, 6) is 1.17. The van der Waals surface area contributed by atoms with Gasteiger partial charge in [0.2, 0.25) is 0 Å². The molecule has 21 heavy (non-hydrogen) atoms. The zero-order valence-electron chi connectivity index (χ0n) is 12.3. The highest BCUT2D eigenvalue weighted by molar-refractivity contribution is 7.97. The van der Waals surface area contributed by atoms with Crippen LogP contribution in [0.25, 0.3) is 0 Å². The number of carbonyl (C=O) groups excluding carboxylic acids is 1. The molecule has 2 N–H and O–H groups in total. The lowest BCUT2D eigenvalue weighted by molar-refractivity contribution is 0.117. The van der Waals surface area contributed by atoms with Gasteiger partial charge in [-0.1, -0.05) is 11.6 Å². The maximum absolute atomic E-state index is 12.1. The van der Waals surface area contributed by atoms with Crippen LogP contribution in [0.15, 0.2) is 18.2 Å². The Bertz CT molecular complexity index is 508. The maximum atomic E-state index is 12.1. The summed E-state index contributed by atoms with van der Waals surface area (Å²) < 4.78 is 0. The first-order valence-corrected chi connectivity index (χ1v) is 8.76. The standard InChI is InChI=1S/C15H21ClN2O2S/c1-18(8-14(19)10-3-4-10)15(20)17-12-5-6-13(16)11(7-12)9-21-2/h5-7,10,14,19H,3-4,8-9H2,1-2H3,(H,17,20). The van der Waals surface area contributed by atoms with Crippen molar-refractivity contribution in [2.75, 3.05) is 25.2 Å². The average molecular weight is 329 g/mol. The van der Waals surface area contributed by atoms with Crippen LogP contribution < -0.4 is 5.32 Å². The van der Waals surface area contributed by atoms with Gasteiger partial charge in [-0.15, -0.1) is 0 Å². The van der Waals surface area contributed by atoms with Gasteiger partial charge in [-0.3, -0.25) is 0 Å². The number of likely N-dealkylation sites (N-methyl/N-ethyl adjacent to an activating group) is 1. The molecule has 2 rings (SSSR count). The van der Waals surface area contributed by atoms with Crippen LogP contribution in [0, 0.1) is 5.92 Å². The summed E-state index contributed by atoms with van der Waals surface area (Å²) in [5, 5.41) is 13.4. The highest BCUT2D eigenvalue weighted by Gasteiger charge is 2.31. The zero-order chi connectivity index (χ0) is 15.4. The second-order valence-corrected chi connectivity index (χ2v) is 6.73. The molecule has 2 amide bonds. The van der Waals surface area contributed by atoms with E-state index in [0.29, 0.717) is 17.5 Å². The maximum Gasteiger partial charge on any atom is 0.321 e. The second-order valence-electron chi connectivity index (χ2n) is 5.45. The Morgan fingerprint density at radius 2 is 2.29 bits per heavy atom. The summed E-state index contributed by atoms with van der Waals surface area (Å²) in [6.45, 7) is 0.363. The fourth-order valence-electron chi connectivity index (χ4n) is 2.13. The minimum Gasteiger partial charge on any atom is -0.391 e. The summed E-state index contributed by atoms with van der Waals surface area (Å²) in [6, 6.07) is 5.26. The largest absolute Gasteiger partial charge is 0.391 e. The smallest absolute Gasteiger partial charge is 0.321 e. The summed E-state index contributed by atoms with van der Waals surface area (Å²) >= 11 is 7.80. The van der Waals surface area contributed by atoms with E-state index < -0.39 is 6.10 Å². The quantitative estimate of drug-likeness (QED) is 0.841. The van der Waals surface area contributed by atoms with Gasteiger partial charge in [0.25, 0.3) is 0 Å². The minimum absolute atomic E-state index is 0.216. The van der Waals surface area contributed by atoms with Gasteiger partial charge in [0, 0.05) is 30.1 Å². The first kappa shape index (κ1) is 16.5. The number of carbonyl (C=O) groups is 1. The number of aliphatic hydroxyl groups is 1. The number of benzene rings is 1. The number of hydrogen-bond donors (Lipinski definition) is 2. The summed E-state index contributed by atoms with van der Waals surface area (Å²) in [7, 11) is 1.69. The molecule has 1 aromatic rings. The van der Waals surface area contributed by atoms with E-state index in [1.165, 1.54) is 4.90 Å². The van der Waals surface area contributed by atoms with E-state index in [4.69, 9.17) is 11.6 Å². The highest BCUT2D eigenvalue weighted by atomic mass is 35.5. The lowest BCUT2D eigenvalue weighted by atomic mass is 10.2. The SMILES string of the molecule is CSCc1cc(NC(=O)N(C)CC(O)C2CC2)ccc1Cl. The van der Waals surface area contributed by atoms with Crippen molar-refractivity contribution in [1.82, 2.24) is 4.90 Å². The molecule has 0 spiro atoms. The van der Waals surface area contributed by atoms with Crippen molar-refractivity contribution < 1.29 is 9.90 Å². The topological polar surface area (TPSA) is 52.6 Å². The fourth-order valence-corrected chi connectivity index (χ4v) is 2.94. The monoisotopic (exact) mass is 328 g/mol. The lowest BCUT2D eigenvalue weighted by Gasteiger charge is -2.21. The average Bonchev–Trinajstić information content (AvgIpc) is 3.27. The number of amides is 2. The number of aliphatic hydroxyl groups excluding tert-OH is 1. The van der Waals surface area contributed by atoms with Crippen molar-refractivity contribution in [3.05, 3.63) is 28.8 Å². The van der Waals surface area contributed by atoms with Gasteiger partial charge >= 0.3 is 6.03 Å². The van der Waals surface area contributed by atoms with E-state index in [-0.39, 0.29) is 6.03 Å². The number of halogens is 1. The molecule has 0 bridgehead atoms. The number of anilines is 1. The van der Waals surface area contributed by atoms with Gasteiger partial charge in [-0.2, -0.15) is 11.8 Å². The van der Waals surface area contributed by atoms with Crippen LogP contribution in [0.4, 0.5) is 10.5 Å². The van der Waals surface area contributed by atoms with Gasteiger partial charge in [0.1, 0.15) is 0 Å². The molecule has 1 atom stereocenters. The molecule has 1 unspecified atom stereocenters. The number of urea groups is 1. The van der Waals surface area contributed by atoms with E-state index in [0.717, 1.165) is 29.8 Å². The molecule has 1 aliphatic carbocycles. The third-order valence-corrected chi connectivity index (χ3v) is 4.54. The van der Waals surface area contributed by atoms with Crippen molar-refractivity contribution in [1.29, 1.82) is 0 Å². The minimum atomic E-state index is -0.418. The summed E-state index contributed by atoms with van der Waals surface area (Å²) in [5.41, 5.74) is 1.73. The summed E-state index contributed by atoms with van der Waals surface area (Å²) in [6.07, 6.45) is 3.71. The van der Waals surface area contributed by atoms with E-state index in [2.05, 4.69) is 5.32 Å². The van der Waals surface area contributed by atoms with Crippen LogP contribution in [-0.4, -0.2) is 42.0 Å². The molecular formula is C15H21ClN2O2S. The van der Waals surface area contributed by atoms with Crippen molar-refractivity contribution >= 4 is 35.1 Å². The van der Waals surface area contributed by atoms with Crippen molar-refractivity contribution in [3.8, 4) is 0 Å². The van der Waals surface area contributed by atoms with Gasteiger partial charge in [-0.05, 0) is 48.8 Å². The third kappa shape index (κ3) is 4.80. The number of rotatable bonds is 6. The van der Waals surface area contributed by atoms with E-state index >= 15 is 0 Å². The Kier molecular flexibility index (Phi) is 5.79. The van der Waals surface area contributed by atoms with E-state index in [1.54, 1.807) is 30.9 Å². The first-order chi connectivity index (χ1) is 10.0. The Labute approximate surface area is 134 Å². The van der Waals surface area contributed by atoms with Crippen molar-refractivity contribution in [2.45, 2.75) is 24.7 Å². The van der Waals surface area contributed by atoms with Crippen LogP contribution >= 0.6 is 23.4 Å². The fraction of sp³-hybridized carbons (Fsp3) is 0.533.